The van der Waals surface area contributed by atoms with Gasteiger partial charge in [0.1, 0.15) is 0 Å². The van der Waals surface area contributed by atoms with Crippen molar-refractivity contribution in [1.82, 2.24) is 15.0 Å². The van der Waals surface area contributed by atoms with Gasteiger partial charge in [-0.3, -0.25) is 0 Å². The van der Waals surface area contributed by atoms with Crippen LogP contribution in [0.15, 0.2) is 0 Å². The summed E-state index contributed by atoms with van der Waals surface area (Å²) in [6, 6.07) is 0. The predicted molar refractivity (Wildman–Crippen MR) is 68.4 cm³/mol. The number of aliphatic hydroxyl groups excluding tert-OH is 1. The lowest BCUT2D eigenvalue weighted by Crippen LogP contribution is -2.32. The molecule has 7 heteroatoms. The molecule has 2 N–H and O–H groups in total. The molecule has 0 spiro atoms. The van der Waals surface area contributed by atoms with Gasteiger partial charge < -0.3 is 10.4 Å². The lowest BCUT2D eigenvalue weighted by Gasteiger charge is -2.29. The lowest BCUT2D eigenvalue weighted by molar-refractivity contribution is 0.127. The average Bonchev–Trinajstić information content (AvgIpc) is 2.30. The third kappa shape index (κ3) is 3.94. The van der Waals surface area contributed by atoms with Crippen molar-refractivity contribution in [3.63, 3.8) is 0 Å². The topological polar surface area (TPSA) is 70.9 Å². The molecule has 5 nitrogen and oxygen atoms in total. The molecule has 0 saturated heterocycles. The van der Waals surface area contributed by atoms with Gasteiger partial charge in [-0.15, -0.1) is 0 Å². The molecule has 0 aliphatic rings. The maximum atomic E-state index is 9.42. The lowest BCUT2D eigenvalue weighted by atomic mass is 9.83. The maximum Gasteiger partial charge on any atom is 0.228 e. The molecule has 1 rings (SSSR count). The molecule has 0 fully saturated rings. The fraction of sp³-hybridized carbons (Fsp3) is 0.700. The number of hydrogen-bond donors (Lipinski definition) is 2. The summed E-state index contributed by atoms with van der Waals surface area (Å²) in [5, 5.41) is 12.5. The van der Waals surface area contributed by atoms with Crippen molar-refractivity contribution in [3.05, 3.63) is 10.6 Å². The van der Waals surface area contributed by atoms with Crippen LogP contribution in [-0.4, -0.2) is 33.2 Å². The Balaban J connectivity index is 2.71. The second kappa shape index (κ2) is 6.33. The summed E-state index contributed by atoms with van der Waals surface area (Å²) in [5.41, 5.74) is -0.175. The summed E-state index contributed by atoms with van der Waals surface area (Å²) in [6.07, 6.45) is 1.72. The molecule has 96 valence electrons. The van der Waals surface area contributed by atoms with Gasteiger partial charge >= 0.3 is 0 Å². The Morgan fingerprint density at radius 3 is 2.06 bits per heavy atom. The highest BCUT2D eigenvalue weighted by atomic mass is 35.5. The first kappa shape index (κ1) is 14.4. The molecule has 0 atom stereocenters. The van der Waals surface area contributed by atoms with Gasteiger partial charge in [0.2, 0.25) is 16.5 Å². The molecule has 0 unspecified atom stereocenters. The molecule has 17 heavy (non-hydrogen) atoms. The fourth-order valence-electron chi connectivity index (χ4n) is 1.45. The summed E-state index contributed by atoms with van der Waals surface area (Å²) in [7, 11) is 0. The number of aromatic nitrogens is 3. The van der Waals surface area contributed by atoms with Crippen LogP contribution in [0, 0.1) is 5.41 Å². The maximum absolute atomic E-state index is 9.42. The Morgan fingerprint density at radius 2 is 1.65 bits per heavy atom. The molecule has 1 aromatic rings. The van der Waals surface area contributed by atoms with Crippen molar-refractivity contribution in [3.8, 4) is 0 Å². The first-order chi connectivity index (χ1) is 8.05. The highest BCUT2D eigenvalue weighted by molar-refractivity contribution is 6.31. The molecule has 0 aliphatic heterocycles. The van der Waals surface area contributed by atoms with Crippen molar-refractivity contribution in [2.24, 2.45) is 5.41 Å². The molecule has 0 radical (unpaired) electrons. The summed E-state index contributed by atoms with van der Waals surface area (Å²) < 4.78 is 0. The van der Waals surface area contributed by atoms with E-state index in [4.69, 9.17) is 23.2 Å². The molecule has 0 aromatic carbocycles. The molecular weight excluding hydrogens is 263 g/mol. The normalized spacial score (nSPS) is 11.6. The largest absolute Gasteiger partial charge is 0.396 e. The van der Waals surface area contributed by atoms with Crippen molar-refractivity contribution < 1.29 is 5.11 Å². The SMILES string of the molecule is CCC(CC)(CO)CNc1nc(Cl)nc(Cl)n1. The van der Waals surface area contributed by atoms with Gasteiger partial charge in [0, 0.05) is 12.0 Å². The second-order valence-electron chi connectivity index (χ2n) is 3.92. The Morgan fingerprint density at radius 1 is 1.12 bits per heavy atom. The van der Waals surface area contributed by atoms with E-state index in [1.807, 2.05) is 13.8 Å². The van der Waals surface area contributed by atoms with Crippen LogP contribution < -0.4 is 5.32 Å². The van der Waals surface area contributed by atoms with E-state index >= 15 is 0 Å². The number of nitrogens with zero attached hydrogens (tertiary/aromatic N) is 3. The number of aliphatic hydroxyl groups is 1. The van der Waals surface area contributed by atoms with Crippen LogP contribution in [0.3, 0.4) is 0 Å². The van der Waals surface area contributed by atoms with E-state index in [0.29, 0.717) is 12.5 Å². The number of nitrogens with one attached hydrogen (secondary N) is 1. The smallest absolute Gasteiger partial charge is 0.228 e. The molecule has 1 heterocycles. The third-order valence-corrected chi connectivity index (χ3v) is 3.38. The summed E-state index contributed by atoms with van der Waals surface area (Å²) in [5.74, 6) is 0.328. The van der Waals surface area contributed by atoms with Gasteiger partial charge in [0.25, 0.3) is 0 Å². The summed E-state index contributed by atoms with van der Waals surface area (Å²) in [6.45, 7) is 4.75. The summed E-state index contributed by atoms with van der Waals surface area (Å²) >= 11 is 11.3. The minimum atomic E-state index is -0.175. The van der Waals surface area contributed by atoms with E-state index in [9.17, 15) is 5.11 Å². The number of anilines is 1. The number of halogens is 2. The van der Waals surface area contributed by atoms with Crippen LogP contribution in [0.4, 0.5) is 5.95 Å². The molecule has 1 aromatic heterocycles. The van der Waals surface area contributed by atoms with Gasteiger partial charge in [-0.25, -0.2) is 0 Å². The van der Waals surface area contributed by atoms with E-state index in [-0.39, 0.29) is 22.6 Å². The Labute approximate surface area is 111 Å². The Kier molecular flexibility index (Phi) is 5.36. The van der Waals surface area contributed by atoms with Crippen molar-refractivity contribution >= 4 is 29.2 Å². The van der Waals surface area contributed by atoms with Gasteiger partial charge in [-0.1, -0.05) is 13.8 Å². The fourth-order valence-corrected chi connectivity index (χ4v) is 1.81. The van der Waals surface area contributed by atoms with Gasteiger partial charge in [0.15, 0.2) is 0 Å². The zero-order valence-corrected chi connectivity index (χ0v) is 11.4. The van der Waals surface area contributed by atoms with Crippen LogP contribution in [0.25, 0.3) is 0 Å². The molecule has 0 aliphatic carbocycles. The van der Waals surface area contributed by atoms with Crippen LogP contribution in [0.5, 0.6) is 0 Å². The minimum Gasteiger partial charge on any atom is -0.396 e. The van der Waals surface area contributed by atoms with Crippen LogP contribution >= 0.6 is 23.2 Å². The van der Waals surface area contributed by atoms with Crippen molar-refractivity contribution in [1.29, 1.82) is 0 Å². The summed E-state index contributed by atoms with van der Waals surface area (Å²) in [4.78, 5) is 11.5. The highest BCUT2D eigenvalue weighted by Gasteiger charge is 2.25. The molecule has 0 amide bonds. The van der Waals surface area contributed by atoms with E-state index in [2.05, 4.69) is 20.3 Å². The minimum absolute atomic E-state index is 0.0510. The molecule has 0 bridgehead atoms. The predicted octanol–water partition coefficient (Wildman–Crippen LogP) is 2.39. The quantitative estimate of drug-likeness (QED) is 0.836. The highest BCUT2D eigenvalue weighted by Crippen LogP contribution is 2.25. The zero-order chi connectivity index (χ0) is 12.9. The number of rotatable bonds is 6. The Hall–Kier alpha value is -0.650. The molecular formula is C10H16Cl2N4O. The van der Waals surface area contributed by atoms with Crippen molar-refractivity contribution in [2.45, 2.75) is 26.7 Å². The first-order valence-corrected chi connectivity index (χ1v) is 6.22. The van der Waals surface area contributed by atoms with Crippen molar-refractivity contribution in [2.75, 3.05) is 18.5 Å². The van der Waals surface area contributed by atoms with E-state index in [1.54, 1.807) is 0 Å². The van der Waals surface area contributed by atoms with E-state index in [1.165, 1.54) is 0 Å². The van der Waals surface area contributed by atoms with Crippen LogP contribution in [0.1, 0.15) is 26.7 Å². The van der Waals surface area contributed by atoms with Crippen LogP contribution in [-0.2, 0) is 0 Å². The monoisotopic (exact) mass is 278 g/mol. The zero-order valence-electron chi connectivity index (χ0n) is 9.87. The van der Waals surface area contributed by atoms with Gasteiger partial charge in [0.05, 0.1) is 6.61 Å². The second-order valence-corrected chi connectivity index (χ2v) is 4.59. The van der Waals surface area contributed by atoms with Gasteiger partial charge in [-0.05, 0) is 36.0 Å². The van der Waals surface area contributed by atoms with E-state index < -0.39 is 0 Å². The van der Waals surface area contributed by atoms with E-state index in [0.717, 1.165) is 12.8 Å². The van der Waals surface area contributed by atoms with Gasteiger partial charge in [-0.2, -0.15) is 15.0 Å². The average molecular weight is 279 g/mol. The standard InChI is InChI=1S/C10H16Cl2N4O/c1-3-10(4-2,6-17)5-13-9-15-7(11)14-8(12)16-9/h17H,3-6H2,1-2H3,(H,13,14,15,16). The first-order valence-electron chi connectivity index (χ1n) is 5.47. The molecule has 0 saturated carbocycles. The Bertz CT molecular complexity index is 343. The number of hydrogen-bond acceptors (Lipinski definition) is 5. The third-order valence-electron chi connectivity index (χ3n) is 3.04. The van der Waals surface area contributed by atoms with Crippen LogP contribution in [0.2, 0.25) is 10.6 Å².